The average Bonchev–Trinajstić information content (AvgIpc) is 2.46. The van der Waals surface area contributed by atoms with Crippen LogP contribution in [-0.4, -0.2) is 22.5 Å². The lowest BCUT2D eigenvalue weighted by Crippen LogP contribution is -2.28. The molecule has 0 atom stereocenters. The van der Waals surface area contributed by atoms with Crippen molar-refractivity contribution in [1.82, 2.24) is 15.3 Å². The van der Waals surface area contributed by atoms with Crippen LogP contribution >= 0.6 is 15.9 Å². The van der Waals surface area contributed by atoms with E-state index in [1.165, 1.54) is 0 Å². The van der Waals surface area contributed by atoms with Crippen molar-refractivity contribution >= 4 is 27.7 Å². The number of halogens is 1. The zero-order chi connectivity index (χ0) is 15.2. The molecule has 0 aliphatic carbocycles. The number of nitrogens with one attached hydrogen (secondary N) is 1. The fraction of sp³-hybridized carbons (Fsp3) is 0.214. The van der Waals surface area contributed by atoms with Crippen molar-refractivity contribution in [3.63, 3.8) is 0 Å². The highest BCUT2D eigenvalue weighted by molar-refractivity contribution is 9.10. The summed E-state index contributed by atoms with van der Waals surface area (Å²) in [6, 6.07) is 7.25. The molecule has 0 saturated heterocycles. The third kappa shape index (κ3) is 4.71. The Balaban J connectivity index is 1.80. The Bertz CT molecular complexity index is 631. The number of carbonyl (C=O) groups excluding carboxylic acids is 1. The molecule has 0 fully saturated rings. The van der Waals surface area contributed by atoms with Crippen molar-refractivity contribution in [2.45, 2.75) is 13.5 Å². The standard InChI is InChI=1S/C14H15BrN4O2/c1-9-17-6-10(14(16)19-9)7-18-13(20)8-21-12-4-2-11(15)3-5-12/h2-6H,7-8H2,1H3,(H,18,20)(H2,16,17,19). The van der Waals surface area contributed by atoms with Gasteiger partial charge in [-0.15, -0.1) is 0 Å². The second-order valence-corrected chi connectivity index (χ2v) is 5.26. The smallest absolute Gasteiger partial charge is 0.258 e. The SMILES string of the molecule is Cc1ncc(CNC(=O)COc2ccc(Br)cc2)c(N)n1. The summed E-state index contributed by atoms with van der Waals surface area (Å²) < 4.78 is 6.32. The van der Waals surface area contributed by atoms with E-state index >= 15 is 0 Å². The van der Waals surface area contributed by atoms with E-state index in [2.05, 4.69) is 31.2 Å². The minimum atomic E-state index is -0.238. The number of carbonyl (C=O) groups is 1. The first-order chi connectivity index (χ1) is 10.0. The van der Waals surface area contributed by atoms with Crippen LogP contribution in [-0.2, 0) is 11.3 Å². The monoisotopic (exact) mass is 350 g/mol. The first kappa shape index (κ1) is 15.2. The van der Waals surface area contributed by atoms with Gasteiger partial charge < -0.3 is 15.8 Å². The van der Waals surface area contributed by atoms with Gasteiger partial charge in [0, 0.05) is 22.8 Å². The van der Waals surface area contributed by atoms with E-state index in [1.807, 2.05) is 12.1 Å². The largest absolute Gasteiger partial charge is 0.484 e. The Kier molecular flexibility index (Phi) is 5.10. The Morgan fingerprint density at radius 1 is 1.38 bits per heavy atom. The van der Waals surface area contributed by atoms with E-state index < -0.39 is 0 Å². The molecule has 0 spiro atoms. The predicted molar refractivity (Wildman–Crippen MR) is 82.7 cm³/mol. The summed E-state index contributed by atoms with van der Waals surface area (Å²) in [7, 11) is 0. The highest BCUT2D eigenvalue weighted by Crippen LogP contribution is 2.15. The van der Waals surface area contributed by atoms with E-state index in [4.69, 9.17) is 10.5 Å². The third-order valence-corrected chi connectivity index (χ3v) is 3.21. The number of aromatic nitrogens is 2. The second kappa shape index (κ2) is 7.03. The van der Waals surface area contributed by atoms with E-state index in [0.717, 1.165) is 4.47 Å². The van der Waals surface area contributed by atoms with Crippen LogP contribution in [0.4, 0.5) is 5.82 Å². The molecule has 21 heavy (non-hydrogen) atoms. The van der Waals surface area contributed by atoms with Crippen LogP contribution in [0.5, 0.6) is 5.75 Å². The number of ether oxygens (including phenoxy) is 1. The summed E-state index contributed by atoms with van der Waals surface area (Å²) in [5.41, 5.74) is 6.43. The van der Waals surface area contributed by atoms with Crippen molar-refractivity contribution in [3.8, 4) is 5.75 Å². The molecule has 7 heteroatoms. The van der Waals surface area contributed by atoms with Gasteiger partial charge in [-0.1, -0.05) is 15.9 Å². The van der Waals surface area contributed by atoms with Crippen LogP contribution in [0, 0.1) is 6.92 Å². The molecule has 0 saturated carbocycles. The van der Waals surface area contributed by atoms with Gasteiger partial charge in [0.2, 0.25) is 0 Å². The lowest BCUT2D eigenvalue weighted by atomic mass is 10.3. The zero-order valence-electron chi connectivity index (χ0n) is 11.5. The number of hydrogen-bond donors (Lipinski definition) is 2. The fourth-order valence-electron chi connectivity index (χ4n) is 1.57. The molecule has 1 aromatic carbocycles. The molecule has 1 aromatic heterocycles. The van der Waals surface area contributed by atoms with Gasteiger partial charge in [0.25, 0.3) is 5.91 Å². The van der Waals surface area contributed by atoms with Crippen molar-refractivity contribution < 1.29 is 9.53 Å². The van der Waals surface area contributed by atoms with Crippen LogP contribution in [0.3, 0.4) is 0 Å². The average molecular weight is 351 g/mol. The summed E-state index contributed by atoms with van der Waals surface area (Å²) in [4.78, 5) is 19.8. The highest BCUT2D eigenvalue weighted by Gasteiger charge is 2.06. The maximum atomic E-state index is 11.7. The molecule has 110 valence electrons. The number of amides is 1. The lowest BCUT2D eigenvalue weighted by molar-refractivity contribution is -0.123. The quantitative estimate of drug-likeness (QED) is 0.858. The highest BCUT2D eigenvalue weighted by atomic mass is 79.9. The molecule has 6 nitrogen and oxygen atoms in total. The molecule has 1 heterocycles. The van der Waals surface area contributed by atoms with Gasteiger partial charge in [-0.05, 0) is 31.2 Å². The number of nitrogen functional groups attached to an aromatic ring is 1. The summed E-state index contributed by atoms with van der Waals surface area (Å²) in [6.07, 6.45) is 1.60. The fourth-order valence-corrected chi connectivity index (χ4v) is 1.84. The lowest BCUT2D eigenvalue weighted by Gasteiger charge is -2.09. The van der Waals surface area contributed by atoms with Crippen LogP contribution < -0.4 is 15.8 Å². The summed E-state index contributed by atoms with van der Waals surface area (Å²) in [5.74, 6) is 1.36. The Labute approximate surface area is 130 Å². The predicted octanol–water partition coefficient (Wildman–Crippen LogP) is 1.82. The molecule has 0 aliphatic heterocycles. The van der Waals surface area contributed by atoms with Gasteiger partial charge in [0.1, 0.15) is 17.4 Å². The summed E-state index contributed by atoms with van der Waals surface area (Å²) in [5, 5.41) is 2.71. The van der Waals surface area contributed by atoms with Gasteiger partial charge >= 0.3 is 0 Å². The zero-order valence-corrected chi connectivity index (χ0v) is 13.1. The van der Waals surface area contributed by atoms with Gasteiger partial charge in [-0.3, -0.25) is 4.79 Å². The van der Waals surface area contributed by atoms with Gasteiger partial charge in [-0.2, -0.15) is 0 Å². The van der Waals surface area contributed by atoms with Gasteiger partial charge in [0.05, 0.1) is 0 Å². The Morgan fingerprint density at radius 3 is 2.76 bits per heavy atom. The van der Waals surface area contributed by atoms with Crippen molar-refractivity contribution in [2.75, 3.05) is 12.3 Å². The number of nitrogens with zero attached hydrogens (tertiary/aromatic N) is 2. The number of rotatable bonds is 5. The number of aryl methyl sites for hydroxylation is 1. The number of benzene rings is 1. The van der Waals surface area contributed by atoms with Gasteiger partial charge in [-0.25, -0.2) is 9.97 Å². The minimum Gasteiger partial charge on any atom is -0.484 e. The molecular formula is C14H15BrN4O2. The van der Waals surface area contributed by atoms with Crippen molar-refractivity contribution in [3.05, 3.63) is 46.3 Å². The number of nitrogens with two attached hydrogens (primary N) is 1. The molecule has 0 radical (unpaired) electrons. The van der Waals surface area contributed by atoms with Crippen LogP contribution in [0.1, 0.15) is 11.4 Å². The van der Waals surface area contributed by atoms with Crippen molar-refractivity contribution in [1.29, 1.82) is 0 Å². The molecule has 2 aromatic rings. The minimum absolute atomic E-state index is 0.0613. The molecule has 2 rings (SSSR count). The Morgan fingerprint density at radius 2 is 2.10 bits per heavy atom. The first-order valence-electron chi connectivity index (χ1n) is 6.27. The molecule has 0 aliphatic rings. The van der Waals surface area contributed by atoms with Crippen LogP contribution in [0.2, 0.25) is 0 Å². The van der Waals surface area contributed by atoms with Crippen LogP contribution in [0.15, 0.2) is 34.9 Å². The first-order valence-corrected chi connectivity index (χ1v) is 7.07. The molecule has 1 amide bonds. The summed E-state index contributed by atoms with van der Waals surface area (Å²) >= 11 is 3.33. The maximum absolute atomic E-state index is 11.7. The number of hydrogen-bond acceptors (Lipinski definition) is 5. The molecular weight excluding hydrogens is 336 g/mol. The van der Waals surface area contributed by atoms with Crippen LogP contribution in [0.25, 0.3) is 0 Å². The maximum Gasteiger partial charge on any atom is 0.258 e. The topological polar surface area (TPSA) is 90.1 Å². The summed E-state index contributed by atoms with van der Waals surface area (Å²) in [6.45, 7) is 1.97. The molecule has 0 bridgehead atoms. The number of anilines is 1. The van der Waals surface area contributed by atoms with E-state index in [0.29, 0.717) is 23.0 Å². The van der Waals surface area contributed by atoms with Gasteiger partial charge in [0.15, 0.2) is 6.61 Å². The third-order valence-electron chi connectivity index (χ3n) is 2.68. The van der Waals surface area contributed by atoms with Crippen molar-refractivity contribution in [2.24, 2.45) is 0 Å². The molecule has 3 N–H and O–H groups in total. The van der Waals surface area contributed by atoms with E-state index in [9.17, 15) is 4.79 Å². The molecule has 0 unspecified atom stereocenters. The van der Waals surface area contributed by atoms with E-state index in [1.54, 1.807) is 25.3 Å². The van der Waals surface area contributed by atoms with E-state index in [-0.39, 0.29) is 19.1 Å². The Hall–Kier alpha value is -2.15. The normalized spacial score (nSPS) is 10.2. The second-order valence-electron chi connectivity index (χ2n) is 4.35.